The van der Waals surface area contributed by atoms with Gasteiger partial charge in [0.15, 0.2) is 6.04 Å². The van der Waals surface area contributed by atoms with Crippen molar-refractivity contribution in [2.45, 2.75) is 19.0 Å². The maximum Gasteiger partial charge on any atom is 0.288 e. The lowest BCUT2D eigenvalue weighted by molar-refractivity contribution is -0.922. The lowest BCUT2D eigenvalue weighted by Gasteiger charge is -2.27. The van der Waals surface area contributed by atoms with Crippen LogP contribution in [0.2, 0.25) is 5.02 Å². The van der Waals surface area contributed by atoms with E-state index in [9.17, 15) is 9.59 Å². The number of quaternary nitrogens is 1. The Hall–Kier alpha value is -1.43. The Kier molecular flexibility index (Phi) is 4.24. The van der Waals surface area contributed by atoms with Gasteiger partial charge in [0.25, 0.3) is 5.91 Å². The molecule has 5 nitrogen and oxygen atoms in total. The number of ether oxygens (including phenoxy) is 1. The fourth-order valence-electron chi connectivity index (χ4n) is 2.92. The van der Waals surface area contributed by atoms with Crippen molar-refractivity contribution in [1.29, 1.82) is 0 Å². The molecule has 2 saturated heterocycles. The number of nitrogens with zero attached hydrogens (tertiary/aromatic N) is 1. The molecule has 0 aliphatic carbocycles. The maximum absolute atomic E-state index is 12.5. The van der Waals surface area contributed by atoms with Gasteiger partial charge in [-0.15, -0.1) is 0 Å². The third kappa shape index (κ3) is 3.10. The van der Waals surface area contributed by atoms with Crippen LogP contribution >= 0.6 is 11.6 Å². The van der Waals surface area contributed by atoms with Crippen molar-refractivity contribution in [3.8, 4) is 0 Å². The number of carbonyl (C=O) groups excluding carboxylic acids is 2. The van der Waals surface area contributed by atoms with E-state index >= 15 is 0 Å². The monoisotopic (exact) mass is 309 g/mol. The van der Waals surface area contributed by atoms with Gasteiger partial charge in [-0.25, -0.2) is 0 Å². The van der Waals surface area contributed by atoms with E-state index in [1.54, 1.807) is 12.1 Å². The Morgan fingerprint density at radius 1 is 1.19 bits per heavy atom. The van der Waals surface area contributed by atoms with Crippen molar-refractivity contribution >= 4 is 23.4 Å². The standard InChI is InChI=1S/C15H17ClN2O3/c16-12-3-1-11(2-4-12)10-18-14(19)9-13(15(18)20)17-5-7-21-8-6-17/h1-4,13H,5-10H2/p+1/t13-/m1/s1. The highest BCUT2D eigenvalue weighted by Gasteiger charge is 2.45. The first-order valence-electron chi connectivity index (χ1n) is 7.16. The molecule has 2 aliphatic heterocycles. The predicted molar refractivity (Wildman–Crippen MR) is 76.9 cm³/mol. The third-order valence-corrected chi connectivity index (χ3v) is 4.38. The zero-order valence-electron chi connectivity index (χ0n) is 11.7. The van der Waals surface area contributed by atoms with Crippen molar-refractivity contribution in [2.75, 3.05) is 26.3 Å². The number of benzene rings is 1. The highest BCUT2D eigenvalue weighted by Crippen LogP contribution is 2.17. The first kappa shape index (κ1) is 14.5. The van der Waals surface area contributed by atoms with Gasteiger partial charge in [-0.1, -0.05) is 23.7 Å². The SMILES string of the molecule is O=C1C[C@@H]([NH+]2CCOCC2)C(=O)N1Cc1ccc(Cl)cc1. The minimum absolute atomic E-state index is 0.0631. The number of halogens is 1. The van der Waals surface area contributed by atoms with Crippen LogP contribution in [0, 0.1) is 0 Å². The van der Waals surface area contributed by atoms with Crippen molar-refractivity contribution in [3.05, 3.63) is 34.9 Å². The lowest BCUT2D eigenvalue weighted by Crippen LogP contribution is -3.18. The lowest BCUT2D eigenvalue weighted by atomic mass is 10.2. The van der Waals surface area contributed by atoms with Crippen LogP contribution in [0.1, 0.15) is 12.0 Å². The van der Waals surface area contributed by atoms with Crippen molar-refractivity contribution in [1.82, 2.24) is 4.90 Å². The zero-order valence-corrected chi connectivity index (χ0v) is 12.4. The number of likely N-dealkylation sites (tertiary alicyclic amines) is 1. The maximum atomic E-state index is 12.5. The number of hydrogen-bond acceptors (Lipinski definition) is 3. The summed E-state index contributed by atoms with van der Waals surface area (Å²) < 4.78 is 5.31. The number of hydrogen-bond donors (Lipinski definition) is 1. The summed E-state index contributed by atoms with van der Waals surface area (Å²) in [5.41, 5.74) is 0.915. The van der Waals surface area contributed by atoms with Gasteiger partial charge in [0.05, 0.1) is 26.2 Å². The highest BCUT2D eigenvalue weighted by atomic mass is 35.5. The molecule has 1 atom stereocenters. The molecule has 0 bridgehead atoms. The molecular weight excluding hydrogens is 292 g/mol. The van der Waals surface area contributed by atoms with E-state index in [1.807, 2.05) is 12.1 Å². The molecular formula is C15H18ClN2O3+. The molecule has 1 N–H and O–H groups in total. The molecule has 2 fully saturated rings. The Morgan fingerprint density at radius 2 is 1.86 bits per heavy atom. The highest BCUT2D eigenvalue weighted by molar-refractivity contribution is 6.30. The predicted octanol–water partition coefficient (Wildman–Crippen LogP) is -0.117. The molecule has 0 spiro atoms. The van der Waals surface area contributed by atoms with Gasteiger partial charge in [0, 0.05) is 5.02 Å². The fourth-order valence-corrected chi connectivity index (χ4v) is 3.05. The smallest absolute Gasteiger partial charge is 0.288 e. The van der Waals surface area contributed by atoms with Crippen molar-refractivity contribution < 1.29 is 19.2 Å². The first-order chi connectivity index (χ1) is 10.1. The van der Waals surface area contributed by atoms with Crippen LogP contribution in [0.15, 0.2) is 24.3 Å². The summed E-state index contributed by atoms with van der Waals surface area (Å²) in [6.45, 7) is 3.22. The van der Waals surface area contributed by atoms with Gasteiger partial charge in [-0.2, -0.15) is 0 Å². The Bertz CT molecular complexity index is 540. The molecule has 0 saturated carbocycles. The number of carbonyl (C=O) groups is 2. The van der Waals surface area contributed by atoms with Gasteiger partial charge >= 0.3 is 0 Å². The summed E-state index contributed by atoms with van der Waals surface area (Å²) in [5, 5.41) is 0.647. The zero-order chi connectivity index (χ0) is 14.8. The Morgan fingerprint density at radius 3 is 2.52 bits per heavy atom. The molecule has 112 valence electrons. The molecule has 3 rings (SSSR count). The van der Waals surface area contributed by atoms with Crippen LogP contribution in [0.5, 0.6) is 0 Å². The molecule has 0 radical (unpaired) electrons. The van der Waals surface area contributed by atoms with Crippen LogP contribution in [0.4, 0.5) is 0 Å². The normalized spacial score (nSPS) is 23.9. The minimum Gasteiger partial charge on any atom is -0.370 e. The average molecular weight is 310 g/mol. The van der Waals surface area contributed by atoms with E-state index < -0.39 is 0 Å². The first-order valence-corrected chi connectivity index (χ1v) is 7.54. The van der Waals surface area contributed by atoms with Gasteiger partial charge in [-0.05, 0) is 17.7 Å². The summed E-state index contributed by atoms with van der Waals surface area (Å²) >= 11 is 5.85. The summed E-state index contributed by atoms with van der Waals surface area (Å²) in [4.78, 5) is 27.2. The fraction of sp³-hybridized carbons (Fsp3) is 0.467. The number of morpholine rings is 1. The number of imide groups is 1. The number of amides is 2. The van der Waals surface area contributed by atoms with Crippen LogP contribution in [-0.4, -0.2) is 49.1 Å². The summed E-state index contributed by atoms with van der Waals surface area (Å²) in [5.74, 6) is -0.147. The van der Waals surface area contributed by atoms with E-state index in [2.05, 4.69) is 0 Å². The van der Waals surface area contributed by atoms with E-state index in [0.717, 1.165) is 18.7 Å². The minimum atomic E-state index is -0.242. The van der Waals surface area contributed by atoms with Crippen LogP contribution in [0.3, 0.4) is 0 Å². The van der Waals surface area contributed by atoms with Crippen LogP contribution < -0.4 is 4.90 Å². The second kappa shape index (κ2) is 6.13. The summed E-state index contributed by atoms with van der Waals surface area (Å²) in [7, 11) is 0. The van der Waals surface area contributed by atoms with Crippen molar-refractivity contribution in [3.63, 3.8) is 0 Å². The largest absolute Gasteiger partial charge is 0.370 e. The molecule has 2 amide bonds. The van der Waals surface area contributed by atoms with Gasteiger partial charge in [-0.3, -0.25) is 14.5 Å². The quantitative estimate of drug-likeness (QED) is 0.792. The van der Waals surface area contributed by atoms with Gasteiger partial charge < -0.3 is 9.64 Å². The van der Waals surface area contributed by atoms with E-state index in [4.69, 9.17) is 16.3 Å². The van der Waals surface area contributed by atoms with Crippen molar-refractivity contribution in [2.24, 2.45) is 0 Å². The Balaban J connectivity index is 1.69. The summed E-state index contributed by atoms with van der Waals surface area (Å²) in [6, 6.07) is 6.99. The molecule has 6 heteroatoms. The molecule has 1 aromatic rings. The second-order valence-electron chi connectivity index (χ2n) is 5.47. The Labute approximate surface area is 128 Å². The molecule has 1 aromatic carbocycles. The van der Waals surface area contributed by atoms with Gasteiger partial charge in [0.2, 0.25) is 5.91 Å². The van der Waals surface area contributed by atoms with E-state index in [-0.39, 0.29) is 17.9 Å². The third-order valence-electron chi connectivity index (χ3n) is 4.13. The van der Waals surface area contributed by atoms with E-state index in [1.165, 1.54) is 9.80 Å². The average Bonchev–Trinajstić information content (AvgIpc) is 2.78. The molecule has 21 heavy (non-hydrogen) atoms. The van der Waals surface area contributed by atoms with Crippen LogP contribution in [-0.2, 0) is 20.9 Å². The summed E-state index contributed by atoms with van der Waals surface area (Å²) in [6.07, 6.45) is 0.307. The van der Waals surface area contributed by atoms with Crippen LogP contribution in [0.25, 0.3) is 0 Å². The molecule has 0 aromatic heterocycles. The number of rotatable bonds is 3. The number of nitrogens with one attached hydrogen (secondary N) is 1. The molecule has 0 unspecified atom stereocenters. The second-order valence-corrected chi connectivity index (χ2v) is 5.91. The molecule has 2 aliphatic rings. The topological polar surface area (TPSA) is 51.1 Å². The molecule has 2 heterocycles. The van der Waals surface area contributed by atoms with Gasteiger partial charge in [0.1, 0.15) is 13.1 Å². The van der Waals surface area contributed by atoms with E-state index in [0.29, 0.717) is 31.2 Å².